The summed E-state index contributed by atoms with van der Waals surface area (Å²) < 4.78 is 37.9. The second-order valence-electron chi connectivity index (χ2n) is 8.29. The molecule has 2 aliphatic heterocycles. The van der Waals surface area contributed by atoms with Crippen LogP contribution < -0.4 is 5.73 Å². The number of rotatable bonds is 3. The van der Waals surface area contributed by atoms with Gasteiger partial charge in [0.05, 0.1) is 11.8 Å². The van der Waals surface area contributed by atoms with Crippen molar-refractivity contribution >= 4 is 11.9 Å². The van der Waals surface area contributed by atoms with E-state index in [0.29, 0.717) is 32.6 Å². The van der Waals surface area contributed by atoms with Crippen molar-refractivity contribution < 1.29 is 22.8 Å². The molecule has 3 amide bonds. The van der Waals surface area contributed by atoms with Crippen molar-refractivity contribution in [2.75, 3.05) is 26.2 Å². The highest BCUT2D eigenvalue weighted by atomic mass is 19.4. The van der Waals surface area contributed by atoms with Crippen molar-refractivity contribution in [3.63, 3.8) is 0 Å². The number of carbonyl (C=O) groups is 2. The number of nitrogens with zero attached hydrogens (tertiary/aromatic N) is 2. The maximum atomic E-state index is 12.6. The minimum atomic E-state index is -4.08. The molecule has 1 saturated carbocycles. The Kier molecular flexibility index (Phi) is 4.75. The normalized spacial score (nSPS) is 28.0. The van der Waals surface area contributed by atoms with Crippen LogP contribution in [0.25, 0.3) is 0 Å². The number of urea groups is 1. The summed E-state index contributed by atoms with van der Waals surface area (Å²) in [5, 5.41) is 0. The van der Waals surface area contributed by atoms with Gasteiger partial charge in [0.1, 0.15) is 0 Å². The van der Waals surface area contributed by atoms with Gasteiger partial charge in [0.25, 0.3) is 0 Å². The maximum absolute atomic E-state index is 12.6. The van der Waals surface area contributed by atoms with Gasteiger partial charge in [0.2, 0.25) is 5.91 Å². The van der Waals surface area contributed by atoms with E-state index >= 15 is 0 Å². The lowest BCUT2D eigenvalue weighted by Crippen LogP contribution is -2.53. The van der Waals surface area contributed by atoms with Crippen LogP contribution in [-0.2, 0) is 4.79 Å². The van der Waals surface area contributed by atoms with Crippen LogP contribution in [0.2, 0.25) is 0 Å². The molecule has 1 aliphatic carbocycles. The zero-order valence-electron chi connectivity index (χ0n) is 15.5. The van der Waals surface area contributed by atoms with Crippen LogP contribution in [0.3, 0.4) is 0 Å². The van der Waals surface area contributed by atoms with E-state index in [-0.39, 0.29) is 42.5 Å². The molecule has 152 valence electrons. The molecular formula is C20H24F3N3O2. The van der Waals surface area contributed by atoms with Gasteiger partial charge in [-0.1, -0.05) is 24.3 Å². The average Bonchev–Trinajstić information content (AvgIpc) is 3.02. The van der Waals surface area contributed by atoms with Gasteiger partial charge in [-0.3, -0.25) is 4.79 Å². The van der Waals surface area contributed by atoms with Gasteiger partial charge in [0.15, 0.2) is 0 Å². The molecule has 0 aromatic heterocycles. The number of nitrogens with two attached hydrogens (primary N) is 1. The standard InChI is InChI=1S/C20H24F3N3O2/c21-20(22,23)17-7-15(8-17)12-1-3-13(4-2-12)16-10-26(11-16)19(28)25-6-5-14(9-25)18(24)27/h1-4,14-17H,5-11H2,(H2,24,27)/t14-,15?,17?/m0/s1. The fourth-order valence-corrected chi connectivity index (χ4v) is 4.41. The molecule has 2 heterocycles. The number of alkyl halides is 3. The molecule has 28 heavy (non-hydrogen) atoms. The number of carbonyl (C=O) groups excluding carboxylic acids is 2. The molecule has 3 fully saturated rings. The number of amides is 3. The highest BCUT2D eigenvalue weighted by Gasteiger charge is 2.48. The lowest BCUT2D eigenvalue weighted by Gasteiger charge is -2.41. The SMILES string of the molecule is NC(=O)[C@H]1CCN(C(=O)N2CC(c3ccc(C4CC(C(F)(F)F)C4)cc3)C2)C1. The minimum Gasteiger partial charge on any atom is -0.369 e. The number of hydrogen-bond donors (Lipinski definition) is 1. The van der Waals surface area contributed by atoms with E-state index in [1.165, 1.54) is 0 Å². The summed E-state index contributed by atoms with van der Waals surface area (Å²) in [6.45, 7) is 2.19. The molecule has 5 nitrogen and oxygen atoms in total. The lowest BCUT2D eigenvalue weighted by atomic mass is 9.71. The van der Waals surface area contributed by atoms with Gasteiger partial charge in [-0.25, -0.2) is 4.79 Å². The summed E-state index contributed by atoms with van der Waals surface area (Å²) in [7, 11) is 0. The Morgan fingerprint density at radius 2 is 1.50 bits per heavy atom. The third-order valence-electron chi connectivity index (χ3n) is 6.49. The van der Waals surface area contributed by atoms with E-state index in [4.69, 9.17) is 5.73 Å². The molecule has 2 N–H and O–H groups in total. The van der Waals surface area contributed by atoms with Gasteiger partial charge < -0.3 is 15.5 Å². The van der Waals surface area contributed by atoms with Crippen LogP contribution in [0, 0.1) is 11.8 Å². The summed E-state index contributed by atoms with van der Waals surface area (Å²) in [4.78, 5) is 27.2. The molecule has 1 aromatic carbocycles. The average molecular weight is 395 g/mol. The molecule has 0 spiro atoms. The third kappa shape index (κ3) is 3.56. The van der Waals surface area contributed by atoms with Crippen LogP contribution in [0.5, 0.6) is 0 Å². The smallest absolute Gasteiger partial charge is 0.369 e. The maximum Gasteiger partial charge on any atom is 0.391 e. The topological polar surface area (TPSA) is 66.6 Å². The number of likely N-dealkylation sites (tertiary alicyclic amines) is 2. The molecule has 2 saturated heterocycles. The monoisotopic (exact) mass is 395 g/mol. The van der Waals surface area contributed by atoms with E-state index in [0.717, 1.165) is 11.1 Å². The van der Waals surface area contributed by atoms with Gasteiger partial charge in [0, 0.05) is 32.1 Å². The van der Waals surface area contributed by atoms with Crippen molar-refractivity contribution in [3.8, 4) is 0 Å². The van der Waals surface area contributed by atoms with Crippen LogP contribution in [0.1, 0.15) is 42.2 Å². The van der Waals surface area contributed by atoms with Gasteiger partial charge in [-0.2, -0.15) is 13.2 Å². The lowest BCUT2D eigenvalue weighted by molar-refractivity contribution is -0.197. The second-order valence-corrected chi connectivity index (χ2v) is 8.29. The number of hydrogen-bond acceptors (Lipinski definition) is 2. The van der Waals surface area contributed by atoms with Crippen molar-refractivity contribution in [2.45, 2.75) is 37.3 Å². The Morgan fingerprint density at radius 1 is 0.929 bits per heavy atom. The molecule has 4 rings (SSSR count). The first kappa shape index (κ1) is 19.1. The zero-order chi connectivity index (χ0) is 20.1. The first-order valence-corrected chi connectivity index (χ1v) is 9.72. The number of primary amides is 1. The molecule has 0 radical (unpaired) electrons. The largest absolute Gasteiger partial charge is 0.391 e. The Hall–Kier alpha value is -2.25. The first-order valence-electron chi connectivity index (χ1n) is 9.72. The zero-order valence-corrected chi connectivity index (χ0v) is 15.5. The molecule has 8 heteroatoms. The van der Waals surface area contributed by atoms with Crippen molar-refractivity contribution in [1.29, 1.82) is 0 Å². The Bertz CT molecular complexity index is 753. The molecule has 3 aliphatic rings. The predicted octanol–water partition coefficient (Wildman–Crippen LogP) is 3.07. The van der Waals surface area contributed by atoms with Crippen molar-refractivity contribution in [3.05, 3.63) is 35.4 Å². The fraction of sp³-hybridized carbons (Fsp3) is 0.600. The third-order valence-corrected chi connectivity index (χ3v) is 6.49. The Balaban J connectivity index is 1.26. The highest BCUT2D eigenvalue weighted by Crippen LogP contribution is 2.49. The molecule has 0 bridgehead atoms. The van der Waals surface area contributed by atoms with Crippen molar-refractivity contribution in [2.24, 2.45) is 17.6 Å². The van der Waals surface area contributed by atoms with Crippen LogP contribution >= 0.6 is 0 Å². The Labute approximate surface area is 161 Å². The minimum absolute atomic E-state index is 0.00601. The number of benzene rings is 1. The summed E-state index contributed by atoms with van der Waals surface area (Å²) in [5.41, 5.74) is 7.38. The molecule has 0 unspecified atom stereocenters. The van der Waals surface area contributed by atoms with Crippen LogP contribution in [0.4, 0.5) is 18.0 Å². The summed E-state index contributed by atoms with van der Waals surface area (Å²) in [6.07, 6.45) is -3.10. The van der Waals surface area contributed by atoms with Crippen molar-refractivity contribution in [1.82, 2.24) is 9.80 Å². The van der Waals surface area contributed by atoms with Gasteiger partial charge >= 0.3 is 12.2 Å². The number of halogens is 3. The van der Waals surface area contributed by atoms with Crippen LogP contribution in [0.15, 0.2) is 24.3 Å². The highest BCUT2D eigenvalue weighted by molar-refractivity contribution is 5.80. The fourth-order valence-electron chi connectivity index (χ4n) is 4.41. The summed E-state index contributed by atoms with van der Waals surface area (Å²) >= 11 is 0. The van der Waals surface area contributed by atoms with Gasteiger partial charge in [-0.05, 0) is 36.3 Å². The molecular weight excluding hydrogens is 371 g/mol. The molecule has 1 atom stereocenters. The van der Waals surface area contributed by atoms with Crippen LogP contribution in [-0.4, -0.2) is 54.1 Å². The van der Waals surface area contributed by atoms with E-state index in [9.17, 15) is 22.8 Å². The van der Waals surface area contributed by atoms with E-state index < -0.39 is 12.1 Å². The predicted molar refractivity (Wildman–Crippen MR) is 96.5 cm³/mol. The molecule has 1 aromatic rings. The second kappa shape index (κ2) is 6.97. The summed E-state index contributed by atoms with van der Waals surface area (Å²) in [5.74, 6) is -1.53. The van der Waals surface area contributed by atoms with E-state index in [1.807, 2.05) is 24.3 Å². The summed E-state index contributed by atoms with van der Waals surface area (Å²) in [6, 6.07) is 7.75. The van der Waals surface area contributed by atoms with E-state index in [1.54, 1.807) is 9.80 Å². The first-order chi connectivity index (χ1) is 13.2. The Morgan fingerprint density at radius 3 is 2.00 bits per heavy atom. The quantitative estimate of drug-likeness (QED) is 0.855. The van der Waals surface area contributed by atoms with Gasteiger partial charge in [-0.15, -0.1) is 0 Å². The van der Waals surface area contributed by atoms with E-state index in [2.05, 4.69) is 0 Å².